The van der Waals surface area contributed by atoms with Gasteiger partial charge in [-0.25, -0.2) is 9.18 Å². The Balaban J connectivity index is 2.36. The number of methoxy groups -OCH3 is 1. The second kappa shape index (κ2) is 6.23. The minimum Gasteiger partial charge on any atom is -0.478 e. The molecule has 0 spiro atoms. The number of aromatic carboxylic acids is 1. The van der Waals surface area contributed by atoms with Crippen molar-refractivity contribution in [3.63, 3.8) is 0 Å². The number of hydrogen-bond acceptors (Lipinski definition) is 4. The molecule has 6 heteroatoms. The van der Waals surface area contributed by atoms with Crippen LogP contribution in [-0.2, 0) is 11.3 Å². The lowest BCUT2D eigenvalue weighted by atomic mass is 10.1. The molecule has 0 unspecified atom stereocenters. The molecule has 0 fully saturated rings. The summed E-state index contributed by atoms with van der Waals surface area (Å²) in [4.78, 5) is 10.9. The van der Waals surface area contributed by atoms with Crippen molar-refractivity contribution < 1.29 is 19.0 Å². The summed E-state index contributed by atoms with van der Waals surface area (Å²) >= 11 is 0. The molecule has 0 saturated heterocycles. The number of nitrogens with one attached hydrogen (secondary N) is 1. The molecule has 0 saturated carbocycles. The first kappa shape index (κ1) is 14.8. The van der Waals surface area contributed by atoms with Gasteiger partial charge in [-0.3, -0.25) is 0 Å². The first-order chi connectivity index (χ1) is 10.0. The Hall–Kier alpha value is -2.60. The second-order valence-corrected chi connectivity index (χ2v) is 4.44. The summed E-state index contributed by atoms with van der Waals surface area (Å²) in [5.41, 5.74) is 7.37. The molecule has 0 bridgehead atoms. The van der Waals surface area contributed by atoms with E-state index in [-0.39, 0.29) is 5.69 Å². The highest BCUT2D eigenvalue weighted by Gasteiger charge is 2.14. The molecule has 0 radical (unpaired) electrons. The number of ether oxygens (including phenoxy) is 1. The fourth-order valence-electron chi connectivity index (χ4n) is 1.93. The van der Waals surface area contributed by atoms with Gasteiger partial charge in [0.2, 0.25) is 0 Å². The minimum atomic E-state index is -1.36. The van der Waals surface area contributed by atoms with E-state index in [1.54, 1.807) is 13.2 Å². The van der Waals surface area contributed by atoms with Crippen LogP contribution in [0.3, 0.4) is 0 Å². The van der Waals surface area contributed by atoms with Crippen LogP contribution in [0.5, 0.6) is 0 Å². The van der Waals surface area contributed by atoms with Gasteiger partial charge >= 0.3 is 5.97 Å². The first-order valence-electron chi connectivity index (χ1n) is 6.19. The normalized spacial score (nSPS) is 10.4. The number of rotatable bonds is 5. The summed E-state index contributed by atoms with van der Waals surface area (Å²) in [7, 11) is 1.58. The van der Waals surface area contributed by atoms with Gasteiger partial charge in [-0.2, -0.15) is 0 Å². The van der Waals surface area contributed by atoms with E-state index in [9.17, 15) is 9.18 Å². The van der Waals surface area contributed by atoms with Crippen molar-refractivity contribution >= 4 is 23.0 Å². The van der Waals surface area contributed by atoms with Gasteiger partial charge in [-0.05, 0) is 12.1 Å². The van der Waals surface area contributed by atoms with E-state index in [4.69, 9.17) is 15.6 Å². The topological polar surface area (TPSA) is 84.6 Å². The quantitative estimate of drug-likeness (QED) is 0.737. The zero-order chi connectivity index (χ0) is 15.4. The smallest absolute Gasteiger partial charge is 0.338 e. The van der Waals surface area contributed by atoms with Crippen LogP contribution in [-0.4, -0.2) is 18.2 Å². The van der Waals surface area contributed by atoms with Crippen LogP contribution in [0, 0.1) is 5.82 Å². The standard InChI is InChI=1S/C15H15FN2O3/c1-21-8-9-4-2-3-5-13(9)18-14-7-11(16)10(15(19)20)6-12(14)17/h2-7,18H,8,17H2,1H3,(H,19,20). The average molecular weight is 290 g/mol. The minimum absolute atomic E-state index is 0.154. The summed E-state index contributed by atoms with van der Waals surface area (Å²) < 4.78 is 18.8. The monoisotopic (exact) mass is 290 g/mol. The fraction of sp³-hybridized carbons (Fsp3) is 0.133. The Morgan fingerprint density at radius 1 is 1.33 bits per heavy atom. The number of carboxylic acid groups (broad SMARTS) is 1. The van der Waals surface area contributed by atoms with Crippen molar-refractivity contribution in [1.82, 2.24) is 0 Å². The van der Waals surface area contributed by atoms with E-state index in [0.29, 0.717) is 18.0 Å². The summed E-state index contributed by atoms with van der Waals surface area (Å²) in [5.74, 6) is -2.20. The zero-order valence-electron chi connectivity index (χ0n) is 11.4. The number of anilines is 3. The molecule has 0 heterocycles. The predicted molar refractivity (Wildman–Crippen MR) is 78.2 cm³/mol. The molecular formula is C15H15FN2O3. The largest absolute Gasteiger partial charge is 0.478 e. The molecule has 2 aromatic carbocycles. The van der Waals surface area contributed by atoms with Crippen LogP contribution in [0.2, 0.25) is 0 Å². The van der Waals surface area contributed by atoms with Crippen LogP contribution in [0.4, 0.5) is 21.5 Å². The maximum Gasteiger partial charge on any atom is 0.338 e. The first-order valence-corrected chi connectivity index (χ1v) is 6.19. The molecule has 4 N–H and O–H groups in total. The molecule has 0 atom stereocenters. The summed E-state index contributed by atoms with van der Waals surface area (Å²) in [6.07, 6.45) is 0. The number of carboxylic acids is 1. The molecular weight excluding hydrogens is 275 g/mol. The Labute approximate surface area is 121 Å². The molecule has 21 heavy (non-hydrogen) atoms. The van der Waals surface area contributed by atoms with Crippen molar-refractivity contribution in [2.24, 2.45) is 0 Å². The van der Waals surface area contributed by atoms with Crippen molar-refractivity contribution in [3.05, 3.63) is 53.3 Å². The molecule has 0 aliphatic carbocycles. The molecule has 2 rings (SSSR count). The van der Waals surface area contributed by atoms with Crippen molar-refractivity contribution in [2.75, 3.05) is 18.2 Å². The fourth-order valence-corrected chi connectivity index (χ4v) is 1.93. The third-order valence-corrected chi connectivity index (χ3v) is 2.96. The van der Waals surface area contributed by atoms with Gasteiger partial charge in [0.05, 0.1) is 23.5 Å². The Bertz CT molecular complexity index is 674. The van der Waals surface area contributed by atoms with Crippen LogP contribution >= 0.6 is 0 Å². The molecule has 0 aliphatic rings. The number of nitrogens with two attached hydrogens (primary N) is 1. The summed E-state index contributed by atoms with van der Waals surface area (Å²) in [6, 6.07) is 9.51. The molecule has 5 nitrogen and oxygen atoms in total. The maximum atomic E-state index is 13.7. The molecule has 0 aliphatic heterocycles. The van der Waals surface area contributed by atoms with Gasteiger partial charge in [-0.15, -0.1) is 0 Å². The SMILES string of the molecule is COCc1ccccc1Nc1cc(F)c(C(=O)O)cc1N. The van der Waals surface area contributed by atoms with Crippen LogP contribution < -0.4 is 11.1 Å². The van der Waals surface area contributed by atoms with E-state index >= 15 is 0 Å². The van der Waals surface area contributed by atoms with E-state index in [0.717, 1.165) is 17.7 Å². The highest BCUT2D eigenvalue weighted by Crippen LogP contribution is 2.28. The highest BCUT2D eigenvalue weighted by atomic mass is 19.1. The van der Waals surface area contributed by atoms with Gasteiger partial charge in [0.25, 0.3) is 0 Å². The highest BCUT2D eigenvalue weighted by molar-refractivity contribution is 5.91. The number of carbonyl (C=O) groups is 1. The van der Waals surface area contributed by atoms with E-state index in [2.05, 4.69) is 5.32 Å². The number of benzene rings is 2. The van der Waals surface area contributed by atoms with Crippen molar-refractivity contribution in [2.45, 2.75) is 6.61 Å². The number of halogens is 1. The van der Waals surface area contributed by atoms with E-state index < -0.39 is 17.3 Å². The van der Waals surface area contributed by atoms with E-state index in [1.165, 1.54) is 0 Å². The third kappa shape index (κ3) is 3.29. The lowest BCUT2D eigenvalue weighted by Crippen LogP contribution is -2.06. The summed E-state index contributed by atoms with van der Waals surface area (Å²) in [6.45, 7) is 0.388. The molecule has 0 aromatic heterocycles. The molecule has 0 amide bonds. The van der Waals surface area contributed by atoms with E-state index in [1.807, 2.05) is 18.2 Å². The lowest BCUT2D eigenvalue weighted by molar-refractivity contribution is 0.0692. The third-order valence-electron chi connectivity index (χ3n) is 2.96. The molecule has 110 valence electrons. The summed E-state index contributed by atoms with van der Waals surface area (Å²) in [5, 5.41) is 11.8. The maximum absolute atomic E-state index is 13.7. The Kier molecular flexibility index (Phi) is 4.39. The number of nitrogen functional groups attached to an aromatic ring is 1. The second-order valence-electron chi connectivity index (χ2n) is 4.44. The van der Waals surface area contributed by atoms with Gasteiger partial charge in [0.1, 0.15) is 5.82 Å². The van der Waals surface area contributed by atoms with Crippen LogP contribution in [0.15, 0.2) is 36.4 Å². The Morgan fingerprint density at radius 2 is 2.05 bits per heavy atom. The Morgan fingerprint density at radius 3 is 2.71 bits per heavy atom. The number of para-hydroxylation sites is 1. The van der Waals surface area contributed by atoms with Gasteiger partial charge in [-0.1, -0.05) is 18.2 Å². The van der Waals surface area contributed by atoms with Crippen molar-refractivity contribution in [3.8, 4) is 0 Å². The average Bonchev–Trinajstić information content (AvgIpc) is 2.44. The van der Waals surface area contributed by atoms with Crippen LogP contribution in [0.1, 0.15) is 15.9 Å². The molecule has 2 aromatic rings. The van der Waals surface area contributed by atoms with Gasteiger partial charge < -0.3 is 20.9 Å². The van der Waals surface area contributed by atoms with Gasteiger partial charge in [0, 0.05) is 24.4 Å². The predicted octanol–water partition coefficient (Wildman–Crippen LogP) is 3.00. The zero-order valence-corrected chi connectivity index (χ0v) is 11.4. The van der Waals surface area contributed by atoms with Gasteiger partial charge in [0.15, 0.2) is 0 Å². The van der Waals surface area contributed by atoms with Crippen LogP contribution in [0.25, 0.3) is 0 Å². The lowest BCUT2D eigenvalue weighted by Gasteiger charge is -2.14. The van der Waals surface area contributed by atoms with Crippen molar-refractivity contribution in [1.29, 1.82) is 0 Å². The number of hydrogen-bond donors (Lipinski definition) is 3.